The first-order valence-corrected chi connectivity index (χ1v) is 7.41. The molecule has 0 heterocycles. The molecule has 1 atom stereocenters. The number of carbonyl (C=O) groups excluding carboxylic acids is 1. The molecule has 20 heavy (non-hydrogen) atoms. The van der Waals surface area contributed by atoms with Crippen molar-refractivity contribution in [3.8, 4) is 0 Å². The summed E-state index contributed by atoms with van der Waals surface area (Å²) in [7, 11) is 0. The van der Waals surface area contributed by atoms with Crippen LogP contribution in [0.4, 0.5) is 5.69 Å². The van der Waals surface area contributed by atoms with Gasteiger partial charge in [0.15, 0.2) is 0 Å². The van der Waals surface area contributed by atoms with Crippen LogP contribution in [-0.2, 0) is 4.79 Å². The Balaban J connectivity index is 2.71. The molecule has 0 saturated carbocycles. The van der Waals surface area contributed by atoms with Gasteiger partial charge in [-0.25, -0.2) is 0 Å². The van der Waals surface area contributed by atoms with E-state index >= 15 is 0 Å². The third kappa shape index (κ3) is 4.97. The molecule has 0 saturated heterocycles. The summed E-state index contributed by atoms with van der Waals surface area (Å²) >= 11 is 0. The molecule has 0 spiro atoms. The maximum absolute atomic E-state index is 12.2. The highest BCUT2D eigenvalue weighted by Gasteiger charge is 2.15. The van der Waals surface area contributed by atoms with Gasteiger partial charge in [-0.1, -0.05) is 31.5 Å². The Morgan fingerprint density at radius 3 is 2.20 bits per heavy atom. The molecule has 1 rings (SSSR count). The SMILES string of the molecule is Cc1cc(C)c(NC(=O)CC(CN)CC(C)C)c(C)c1. The first-order valence-electron chi connectivity index (χ1n) is 7.41. The molecule has 0 radical (unpaired) electrons. The summed E-state index contributed by atoms with van der Waals surface area (Å²) in [5.74, 6) is 0.899. The van der Waals surface area contributed by atoms with Crippen molar-refractivity contribution < 1.29 is 4.79 Å². The molecule has 0 aliphatic heterocycles. The van der Waals surface area contributed by atoms with Crippen molar-refractivity contribution >= 4 is 11.6 Å². The minimum absolute atomic E-state index is 0.0659. The molecule has 0 aliphatic rings. The number of hydrogen-bond acceptors (Lipinski definition) is 2. The van der Waals surface area contributed by atoms with Crippen molar-refractivity contribution in [3.63, 3.8) is 0 Å². The van der Waals surface area contributed by atoms with E-state index in [1.54, 1.807) is 0 Å². The number of anilines is 1. The van der Waals surface area contributed by atoms with Gasteiger partial charge < -0.3 is 11.1 Å². The van der Waals surface area contributed by atoms with Crippen molar-refractivity contribution in [3.05, 3.63) is 28.8 Å². The van der Waals surface area contributed by atoms with Gasteiger partial charge in [0.25, 0.3) is 0 Å². The van der Waals surface area contributed by atoms with Crippen LogP contribution in [0.25, 0.3) is 0 Å². The molecule has 0 bridgehead atoms. The Kier molecular flexibility index (Phi) is 6.21. The molecular weight excluding hydrogens is 248 g/mol. The van der Waals surface area contributed by atoms with E-state index in [4.69, 9.17) is 5.73 Å². The zero-order chi connectivity index (χ0) is 15.3. The summed E-state index contributed by atoms with van der Waals surface area (Å²) in [6.45, 7) is 11.0. The molecule has 1 aromatic carbocycles. The lowest BCUT2D eigenvalue weighted by Crippen LogP contribution is -2.24. The van der Waals surface area contributed by atoms with Crippen molar-refractivity contribution in [1.82, 2.24) is 0 Å². The van der Waals surface area contributed by atoms with Gasteiger partial charge in [0, 0.05) is 12.1 Å². The summed E-state index contributed by atoms with van der Waals surface area (Å²) < 4.78 is 0. The largest absolute Gasteiger partial charge is 0.330 e. The molecule has 1 aromatic rings. The summed E-state index contributed by atoms with van der Waals surface area (Å²) in [4.78, 5) is 12.2. The van der Waals surface area contributed by atoms with Crippen LogP contribution in [0.1, 0.15) is 43.4 Å². The Morgan fingerprint density at radius 1 is 1.20 bits per heavy atom. The standard InChI is InChI=1S/C17H28N2O/c1-11(2)6-15(10-18)9-16(20)19-17-13(4)7-12(3)8-14(17)5/h7-8,11,15H,6,9-10,18H2,1-5H3,(H,19,20). The fourth-order valence-electron chi connectivity index (χ4n) is 2.76. The lowest BCUT2D eigenvalue weighted by Gasteiger charge is -2.18. The smallest absolute Gasteiger partial charge is 0.224 e. The van der Waals surface area contributed by atoms with Crippen molar-refractivity contribution in [2.24, 2.45) is 17.6 Å². The second kappa shape index (κ2) is 7.44. The van der Waals surface area contributed by atoms with E-state index < -0.39 is 0 Å². The number of hydrogen-bond donors (Lipinski definition) is 2. The number of nitrogens with one attached hydrogen (secondary N) is 1. The molecule has 0 aliphatic carbocycles. The van der Waals surface area contributed by atoms with E-state index in [1.807, 2.05) is 13.8 Å². The summed E-state index contributed by atoms with van der Waals surface area (Å²) in [6, 6.07) is 4.19. The Hall–Kier alpha value is -1.35. The Bertz CT molecular complexity index is 443. The van der Waals surface area contributed by atoms with Gasteiger partial charge in [-0.3, -0.25) is 4.79 Å². The number of nitrogens with two attached hydrogens (primary N) is 1. The second-order valence-corrected chi connectivity index (χ2v) is 6.26. The van der Waals surface area contributed by atoms with Crippen LogP contribution in [0.15, 0.2) is 12.1 Å². The summed E-state index contributed by atoms with van der Waals surface area (Å²) in [5, 5.41) is 3.05. The van der Waals surface area contributed by atoms with Crippen molar-refractivity contribution in [2.75, 3.05) is 11.9 Å². The predicted molar refractivity (Wildman–Crippen MR) is 85.9 cm³/mol. The van der Waals surface area contributed by atoms with E-state index in [0.717, 1.165) is 23.2 Å². The van der Waals surface area contributed by atoms with E-state index in [-0.39, 0.29) is 11.8 Å². The van der Waals surface area contributed by atoms with E-state index in [1.165, 1.54) is 5.56 Å². The zero-order valence-electron chi connectivity index (χ0n) is 13.4. The lowest BCUT2D eigenvalue weighted by atomic mass is 9.94. The third-order valence-electron chi connectivity index (χ3n) is 3.55. The molecule has 0 fully saturated rings. The number of aryl methyl sites for hydroxylation is 3. The molecule has 1 unspecified atom stereocenters. The molecule has 3 nitrogen and oxygen atoms in total. The van der Waals surface area contributed by atoms with Gasteiger partial charge in [-0.15, -0.1) is 0 Å². The minimum Gasteiger partial charge on any atom is -0.330 e. The van der Waals surface area contributed by atoms with Crippen LogP contribution in [-0.4, -0.2) is 12.5 Å². The van der Waals surface area contributed by atoms with Crippen molar-refractivity contribution in [2.45, 2.75) is 47.5 Å². The molecule has 3 heteroatoms. The molecule has 3 N–H and O–H groups in total. The van der Waals surface area contributed by atoms with Crippen LogP contribution >= 0.6 is 0 Å². The van der Waals surface area contributed by atoms with Gasteiger partial charge in [0.05, 0.1) is 0 Å². The molecule has 112 valence electrons. The summed E-state index contributed by atoms with van der Waals surface area (Å²) in [6.07, 6.45) is 1.50. The average molecular weight is 276 g/mol. The summed E-state index contributed by atoms with van der Waals surface area (Å²) in [5.41, 5.74) is 10.2. The van der Waals surface area contributed by atoms with Crippen LogP contribution < -0.4 is 11.1 Å². The third-order valence-corrected chi connectivity index (χ3v) is 3.55. The van der Waals surface area contributed by atoms with Crippen LogP contribution in [0, 0.1) is 32.6 Å². The monoisotopic (exact) mass is 276 g/mol. The van der Waals surface area contributed by atoms with Crippen LogP contribution in [0.2, 0.25) is 0 Å². The first-order chi connectivity index (χ1) is 9.33. The first kappa shape index (κ1) is 16.7. The number of amides is 1. The van der Waals surface area contributed by atoms with Gasteiger partial charge in [0.2, 0.25) is 5.91 Å². The van der Waals surface area contributed by atoms with Gasteiger partial charge >= 0.3 is 0 Å². The highest BCUT2D eigenvalue weighted by molar-refractivity contribution is 5.92. The predicted octanol–water partition coefficient (Wildman–Crippen LogP) is 3.56. The topological polar surface area (TPSA) is 55.1 Å². The highest BCUT2D eigenvalue weighted by atomic mass is 16.1. The number of benzene rings is 1. The second-order valence-electron chi connectivity index (χ2n) is 6.26. The van der Waals surface area contributed by atoms with Gasteiger partial charge in [0.1, 0.15) is 0 Å². The van der Waals surface area contributed by atoms with E-state index in [2.05, 4.69) is 38.2 Å². The average Bonchev–Trinajstić information content (AvgIpc) is 2.32. The zero-order valence-corrected chi connectivity index (χ0v) is 13.4. The molecule has 0 aromatic heterocycles. The maximum Gasteiger partial charge on any atom is 0.224 e. The van der Waals surface area contributed by atoms with E-state index in [9.17, 15) is 4.79 Å². The van der Waals surface area contributed by atoms with Crippen LogP contribution in [0.3, 0.4) is 0 Å². The maximum atomic E-state index is 12.2. The fraction of sp³-hybridized carbons (Fsp3) is 0.588. The van der Waals surface area contributed by atoms with Crippen LogP contribution in [0.5, 0.6) is 0 Å². The molecule has 1 amide bonds. The van der Waals surface area contributed by atoms with Crippen molar-refractivity contribution in [1.29, 1.82) is 0 Å². The normalized spacial score (nSPS) is 12.6. The lowest BCUT2D eigenvalue weighted by molar-refractivity contribution is -0.117. The number of carbonyl (C=O) groups is 1. The number of rotatable bonds is 6. The fourth-order valence-corrected chi connectivity index (χ4v) is 2.76. The molecular formula is C17H28N2O. The van der Waals surface area contributed by atoms with Gasteiger partial charge in [-0.05, 0) is 56.7 Å². The minimum atomic E-state index is 0.0659. The quantitative estimate of drug-likeness (QED) is 0.834. The Morgan fingerprint density at radius 2 is 1.75 bits per heavy atom. The van der Waals surface area contributed by atoms with E-state index in [0.29, 0.717) is 18.9 Å². The Labute approximate surface area is 122 Å². The van der Waals surface area contributed by atoms with Gasteiger partial charge in [-0.2, -0.15) is 0 Å². The highest BCUT2D eigenvalue weighted by Crippen LogP contribution is 2.23.